The molecule has 0 radical (unpaired) electrons. The third-order valence-corrected chi connectivity index (χ3v) is 4.15. The molecule has 0 unspecified atom stereocenters. The number of aromatic nitrogens is 2. The van der Waals surface area contributed by atoms with Gasteiger partial charge in [0.1, 0.15) is 5.82 Å². The van der Waals surface area contributed by atoms with Crippen LogP contribution in [0.1, 0.15) is 39.9 Å². The first-order chi connectivity index (χ1) is 13.2. The first kappa shape index (κ1) is 22.7. The Kier molecular flexibility index (Phi) is 10.1. The molecule has 1 aromatic carbocycles. The number of benzene rings is 1. The average Bonchev–Trinajstić information content (AvgIpc) is 2.97. The highest BCUT2D eigenvalue weighted by molar-refractivity contribution is 9.11. The van der Waals surface area contributed by atoms with E-state index in [2.05, 4.69) is 57.9 Å². The molecule has 1 aliphatic rings. The van der Waals surface area contributed by atoms with Crippen molar-refractivity contribution < 1.29 is 0 Å². The first-order valence-electron chi connectivity index (χ1n) is 9.40. The summed E-state index contributed by atoms with van der Waals surface area (Å²) in [6.07, 6.45) is 14.7. The third kappa shape index (κ3) is 5.80. The maximum atomic E-state index is 4.83. The first-order valence-corrected chi connectivity index (χ1v) is 10.2. The van der Waals surface area contributed by atoms with E-state index >= 15 is 0 Å². The maximum absolute atomic E-state index is 4.83. The van der Waals surface area contributed by atoms with Crippen molar-refractivity contribution in [3.05, 3.63) is 90.3 Å². The molecule has 27 heavy (non-hydrogen) atoms. The number of nitrogens with zero attached hydrogens (tertiary/aromatic N) is 2. The van der Waals surface area contributed by atoms with Crippen LogP contribution < -0.4 is 0 Å². The van der Waals surface area contributed by atoms with Gasteiger partial charge in [-0.2, -0.15) is 0 Å². The average molecular weight is 425 g/mol. The van der Waals surface area contributed by atoms with Crippen molar-refractivity contribution in [3.63, 3.8) is 0 Å². The smallest absolute Gasteiger partial charge is 0.141 e. The van der Waals surface area contributed by atoms with Gasteiger partial charge in [-0.3, -0.25) is 4.57 Å². The summed E-state index contributed by atoms with van der Waals surface area (Å²) in [5, 5.41) is 0. The van der Waals surface area contributed by atoms with Crippen molar-refractivity contribution in [2.75, 3.05) is 0 Å². The Morgan fingerprint density at radius 3 is 2.56 bits per heavy atom. The fourth-order valence-corrected chi connectivity index (χ4v) is 2.87. The second-order valence-corrected chi connectivity index (χ2v) is 6.11. The molecule has 2 aromatic rings. The Hall–Kier alpha value is -2.39. The van der Waals surface area contributed by atoms with E-state index in [1.807, 2.05) is 64.1 Å². The van der Waals surface area contributed by atoms with Gasteiger partial charge in [0.05, 0.1) is 11.0 Å². The van der Waals surface area contributed by atoms with Crippen molar-refractivity contribution in [2.24, 2.45) is 0 Å². The third-order valence-electron chi connectivity index (χ3n) is 3.62. The van der Waals surface area contributed by atoms with E-state index in [0.717, 1.165) is 39.0 Å². The van der Waals surface area contributed by atoms with Crippen LogP contribution in [-0.2, 0) is 0 Å². The summed E-state index contributed by atoms with van der Waals surface area (Å²) in [5.74, 6) is 0.924. The molecule has 142 valence electrons. The highest BCUT2D eigenvalue weighted by Crippen LogP contribution is 2.29. The van der Waals surface area contributed by atoms with Crippen molar-refractivity contribution in [2.45, 2.75) is 34.1 Å². The van der Waals surface area contributed by atoms with E-state index < -0.39 is 0 Å². The summed E-state index contributed by atoms with van der Waals surface area (Å²) in [6, 6.07) is 8.12. The highest BCUT2D eigenvalue weighted by Gasteiger charge is 2.15. The number of fused-ring (bicyclic) bond motifs is 1. The summed E-state index contributed by atoms with van der Waals surface area (Å²) >= 11 is 3.52. The molecule has 0 fully saturated rings. The lowest BCUT2D eigenvalue weighted by Crippen LogP contribution is -2.00. The molecule has 1 aromatic heterocycles. The Labute approximate surface area is 172 Å². The Bertz CT molecular complexity index is 892. The number of rotatable bonds is 4. The van der Waals surface area contributed by atoms with Crippen LogP contribution in [0.4, 0.5) is 0 Å². The molecular formula is C24H29BrN2. The lowest BCUT2D eigenvalue weighted by atomic mass is 10.1. The van der Waals surface area contributed by atoms with E-state index in [4.69, 9.17) is 4.98 Å². The minimum atomic E-state index is 0.827. The SMILES string of the molecule is C=C/C=C\C(=C)n1c(C2=CC=C(Br)C=CC2)nc2ccccc21.CC.CC. The van der Waals surface area contributed by atoms with Crippen molar-refractivity contribution in [1.29, 1.82) is 0 Å². The van der Waals surface area contributed by atoms with Crippen molar-refractivity contribution in [3.8, 4) is 0 Å². The van der Waals surface area contributed by atoms with Gasteiger partial charge in [0, 0.05) is 10.2 Å². The molecule has 0 N–H and O–H groups in total. The molecular weight excluding hydrogens is 396 g/mol. The van der Waals surface area contributed by atoms with Gasteiger partial charge in [-0.25, -0.2) is 4.98 Å². The van der Waals surface area contributed by atoms with Crippen molar-refractivity contribution >= 4 is 38.2 Å². The molecule has 1 aliphatic carbocycles. The Morgan fingerprint density at radius 1 is 1.15 bits per heavy atom. The van der Waals surface area contributed by atoms with Gasteiger partial charge < -0.3 is 0 Å². The largest absolute Gasteiger partial charge is 0.293 e. The molecule has 2 nitrogen and oxygen atoms in total. The lowest BCUT2D eigenvalue weighted by molar-refractivity contribution is 1.08. The second kappa shape index (κ2) is 12.1. The number of imidazole rings is 1. The second-order valence-electron chi connectivity index (χ2n) is 5.20. The summed E-state index contributed by atoms with van der Waals surface area (Å²) < 4.78 is 3.16. The van der Waals surface area contributed by atoms with Gasteiger partial charge in [-0.15, -0.1) is 0 Å². The highest BCUT2D eigenvalue weighted by atomic mass is 79.9. The normalized spacial score (nSPS) is 12.9. The summed E-state index contributed by atoms with van der Waals surface area (Å²) in [6.45, 7) is 15.9. The summed E-state index contributed by atoms with van der Waals surface area (Å²) in [7, 11) is 0. The zero-order valence-electron chi connectivity index (χ0n) is 16.7. The fourth-order valence-electron chi connectivity index (χ4n) is 2.55. The Morgan fingerprint density at radius 2 is 1.85 bits per heavy atom. The van der Waals surface area contributed by atoms with Crippen LogP contribution in [0, 0.1) is 0 Å². The molecule has 0 saturated carbocycles. The molecule has 1 heterocycles. The molecule has 0 amide bonds. The van der Waals surface area contributed by atoms with Gasteiger partial charge in [0.2, 0.25) is 0 Å². The van der Waals surface area contributed by atoms with Crippen LogP contribution in [0.5, 0.6) is 0 Å². The van der Waals surface area contributed by atoms with Gasteiger partial charge >= 0.3 is 0 Å². The van der Waals surface area contributed by atoms with Crippen LogP contribution in [-0.4, -0.2) is 9.55 Å². The number of para-hydroxylation sites is 2. The van der Waals surface area contributed by atoms with E-state index in [9.17, 15) is 0 Å². The minimum absolute atomic E-state index is 0.827. The minimum Gasteiger partial charge on any atom is -0.293 e. The molecule has 0 bridgehead atoms. The number of hydrogen-bond donors (Lipinski definition) is 0. The molecule has 0 aliphatic heterocycles. The number of allylic oxidation sites excluding steroid dienone is 10. The van der Waals surface area contributed by atoms with E-state index in [0.29, 0.717) is 0 Å². The van der Waals surface area contributed by atoms with Crippen LogP contribution in [0.2, 0.25) is 0 Å². The number of hydrogen-bond acceptors (Lipinski definition) is 1. The van der Waals surface area contributed by atoms with Crippen LogP contribution in [0.25, 0.3) is 22.3 Å². The molecule has 3 heteroatoms. The zero-order chi connectivity index (χ0) is 20.2. The Balaban J connectivity index is 0.000000855. The topological polar surface area (TPSA) is 17.8 Å². The summed E-state index contributed by atoms with van der Waals surface area (Å²) in [4.78, 5) is 4.83. The van der Waals surface area contributed by atoms with E-state index in [1.54, 1.807) is 6.08 Å². The molecule has 0 spiro atoms. The predicted molar refractivity (Wildman–Crippen MR) is 126 cm³/mol. The molecule has 0 saturated heterocycles. The van der Waals surface area contributed by atoms with E-state index in [1.165, 1.54) is 0 Å². The van der Waals surface area contributed by atoms with Crippen molar-refractivity contribution in [1.82, 2.24) is 9.55 Å². The molecule has 0 atom stereocenters. The van der Waals surface area contributed by atoms with E-state index in [-0.39, 0.29) is 0 Å². The number of halogens is 1. The van der Waals surface area contributed by atoms with Gasteiger partial charge in [0.25, 0.3) is 0 Å². The predicted octanol–water partition coefficient (Wildman–Crippen LogP) is 7.92. The monoisotopic (exact) mass is 424 g/mol. The quantitative estimate of drug-likeness (QED) is 0.455. The zero-order valence-corrected chi connectivity index (χ0v) is 18.3. The van der Waals surface area contributed by atoms with Gasteiger partial charge in [-0.1, -0.05) is 99.3 Å². The maximum Gasteiger partial charge on any atom is 0.141 e. The van der Waals surface area contributed by atoms with Crippen LogP contribution in [0.15, 0.2) is 84.4 Å². The van der Waals surface area contributed by atoms with Gasteiger partial charge in [-0.05, 0) is 36.3 Å². The summed E-state index contributed by atoms with van der Waals surface area (Å²) in [5.41, 5.74) is 4.04. The van der Waals surface area contributed by atoms with Crippen LogP contribution >= 0.6 is 15.9 Å². The lowest BCUT2D eigenvalue weighted by Gasteiger charge is -2.10. The standard InChI is InChI=1S/C20H17BrN2.2C2H6/c1-3-4-8-15(2)23-19-12-6-5-11-18(19)22-20(23)16-9-7-10-17(21)14-13-16;2*1-2/h3-8,10-14H,1-2,9H2;2*1-2H3/b8-4-;;. The van der Waals surface area contributed by atoms with Crippen LogP contribution in [0.3, 0.4) is 0 Å². The van der Waals surface area contributed by atoms with Gasteiger partial charge in [0.15, 0.2) is 0 Å². The fraction of sp³-hybridized carbons (Fsp3) is 0.208. The molecule has 3 rings (SSSR count).